The van der Waals surface area contributed by atoms with Crippen LogP contribution in [0.2, 0.25) is 5.02 Å². The van der Waals surface area contributed by atoms with Gasteiger partial charge in [0.1, 0.15) is 0 Å². The van der Waals surface area contributed by atoms with Gasteiger partial charge in [0.05, 0.1) is 33.6 Å². The molecule has 2 saturated heterocycles. The van der Waals surface area contributed by atoms with Crippen molar-refractivity contribution in [2.24, 2.45) is 0 Å². The van der Waals surface area contributed by atoms with Gasteiger partial charge in [-0.25, -0.2) is 13.1 Å². The van der Waals surface area contributed by atoms with Gasteiger partial charge in [0.2, 0.25) is 0 Å². The maximum atomic E-state index is 12.9. The highest BCUT2D eigenvalue weighted by Gasteiger charge is 2.34. The van der Waals surface area contributed by atoms with Gasteiger partial charge in [-0.3, -0.25) is 9.69 Å². The average molecular weight is 437 g/mol. The van der Waals surface area contributed by atoms with E-state index in [2.05, 4.69) is 10.00 Å². The molecule has 156 valence electrons. The number of amides is 1. The van der Waals surface area contributed by atoms with E-state index in [0.29, 0.717) is 43.2 Å². The lowest BCUT2D eigenvalue weighted by atomic mass is 10.1. The van der Waals surface area contributed by atoms with Gasteiger partial charge in [0.15, 0.2) is 9.84 Å². The molecular weight excluding hydrogens is 412 g/mol. The normalized spacial score (nSPS) is 22.2. The lowest BCUT2D eigenvalue weighted by molar-refractivity contribution is 0.0588. The smallest absolute Gasteiger partial charge is 0.253 e. The number of aryl methyl sites for hydroxylation is 1. The second kappa shape index (κ2) is 7.74. The number of benzene rings is 1. The Morgan fingerprint density at radius 3 is 2.28 bits per heavy atom. The van der Waals surface area contributed by atoms with Crippen molar-refractivity contribution in [3.8, 4) is 5.69 Å². The number of nitrogens with zero attached hydrogens (tertiary/aromatic N) is 4. The van der Waals surface area contributed by atoms with E-state index in [-0.39, 0.29) is 23.5 Å². The second-order valence-electron chi connectivity index (χ2n) is 7.83. The molecule has 1 aromatic heterocycles. The highest BCUT2D eigenvalue weighted by Crippen LogP contribution is 2.23. The quantitative estimate of drug-likeness (QED) is 0.736. The Balaban J connectivity index is 1.40. The Labute approximate surface area is 176 Å². The van der Waals surface area contributed by atoms with Crippen LogP contribution >= 0.6 is 11.6 Å². The number of hydrogen-bond donors (Lipinski definition) is 0. The number of piperazine rings is 1. The molecule has 1 amide bonds. The number of aromatic nitrogens is 2. The summed E-state index contributed by atoms with van der Waals surface area (Å²) in [4.78, 5) is 16.9. The second-order valence-corrected chi connectivity index (χ2v) is 10.4. The molecule has 9 heteroatoms. The number of carbonyl (C=O) groups excluding carboxylic acids is 1. The van der Waals surface area contributed by atoms with Crippen molar-refractivity contribution < 1.29 is 13.2 Å². The summed E-state index contributed by atoms with van der Waals surface area (Å²) in [6.45, 7) is 6.44. The van der Waals surface area contributed by atoms with E-state index in [4.69, 9.17) is 11.6 Å². The van der Waals surface area contributed by atoms with E-state index in [1.54, 1.807) is 4.68 Å². The number of sulfone groups is 1. The minimum atomic E-state index is -2.89. The lowest BCUT2D eigenvalue weighted by Crippen LogP contribution is -2.52. The fraction of sp³-hybridized carbons (Fsp3) is 0.500. The van der Waals surface area contributed by atoms with Crippen LogP contribution in [0.1, 0.15) is 28.2 Å². The van der Waals surface area contributed by atoms with Crippen molar-refractivity contribution >= 4 is 27.3 Å². The monoisotopic (exact) mass is 436 g/mol. The third kappa shape index (κ3) is 4.06. The van der Waals surface area contributed by atoms with Gasteiger partial charge in [-0.05, 0) is 44.5 Å². The molecule has 0 N–H and O–H groups in total. The third-order valence-electron chi connectivity index (χ3n) is 5.89. The number of rotatable bonds is 3. The largest absolute Gasteiger partial charge is 0.336 e. The standard InChI is InChI=1S/C20H25ClN4O3S/c1-14-19(21)15(2)25(22-14)17-5-3-16(4-6-17)20(26)24-10-8-23(9-11-24)18-7-12-29(27,28)13-18/h3-6,18H,7-13H2,1-2H3. The first kappa shape index (κ1) is 20.4. The zero-order valence-corrected chi connectivity index (χ0v) is 18.2. The predicted molar refractivity (Wildman–Crippen MR) is 113 cm³/mol. The lowest BCUT2D eigenvalue weighted by Gasteiger charge is -2.37. The van der Waals surface area contributed by atoms with E-state index in [0.717, 1.165) is 17.1 Å². The Hall–Kier alpha value is -1.90. The minimum Gasteiger partial charge on any atom is -0.336 e. The van der Waals surface area contributed by atoms with Gasteiger partial charge >= 0.3 is 0 Å². The molecule has 0 aliphatic carbocycles. The van der Waals surface area contributed by atoms with Crippen molar-refractivity contribution in [2.45, 2.75) is 26.3 Å². The van der Waals surface area contributed by atoms with Gasteiger partial charge in [-0.15, -0.1) is 0 Å². The molecule has 4 rings (SSSR count). The molecule has 1 aromatic carbocycles. The summed E-state index contributed by atoms with van der Waals surface area (Å²) < 4.78 is 25.2. The molecule has 2 fully saturated rings. The Bertz CT molecular complexity index is 1020. The maximum Gasteiger partial charge on any atom is 0.253 e. The van der Waals surface area contributed by atoms with Crippen LogP contribution < -0.4 is 0 Å². The summed E-state index contributed by atoms with van der Waals surface area (Å²) in [5.74, 6) is 0.532. The van der Waals surface area contributed by atoms with Crippen molar-refractivity contribution in [3.05, 3.63) is 46.2 Å². The Kier molecular flexibility index (Phi) is 5.44. The first-order valence-electron chi connectivity index (χ1n) is 9.81. The molecule has 0 radical (unpaired) electrons. The number of halogens is 1. The zero-order chi connectivity index (χ0) is 20.8. The van der Waals surface area contributed by atoms with Gasteiger partial charge in [-0.2, -0.15) is 5.10 Å². The minimum absolute atomic E-state index is 0.00152. The van der Waals surface area contributed by atoms with Crippen LogP contribution in [-0.4, -0.2) is 77.6 Å². The Morgan fingerprint density at radius 2 is 1.76 bits per heavy atom. The van der Waals surface area contributed by atoms with Gasteiger partial charge in [-0.1, -0.05) is 11.6 Å². The average Bonchev–Trinajstić information content (AvgIpc) is 3.21. The van der Waals surface area contributed by atoms with Crippen LogP contribution in [-0.2, 0) is 9.84 Å². The van der Waals surface area contributed by atoms with Crippen molar-refractivity contribution in [1.29, 1.82) is 0 Å². The molecule has 0 saturated carbocycles. The molecule has 2 aromatic rings. The molecule has 29 heavy (non-hydrogen) atoms. The van der Waals surface area contributed by atoms with Gasteiger partial charge in [0, 0.05) is 37.8 Å². The van der Waals surface area contributed by atoms with Crippen LogP contribution in [0.3, 0.4) is 0 Å². The van der Waals surface area contributed by atoms with E-state index < -0.39 is 9.84 Å². The highest BCUT2D eigenvalue weighted by atomic mass is 35.5. The molecule has 7 nitrogen and oxygen atoms in total. The molecule has 1 unspecified atom stereocenters. The first-order valence-corrected chi connectivity index (χ1v) is 12.0. The number of carbonyl (C=O) groups is 1. The summed E-state index contributed by atoms with van der Waals surface area (Å²) >= 11 is 6.22. The molecule has 2 aliphatic heterocycles. The topological polar surface area (TPSA) is 75.5 Å². The van der Waals surface area contributed by atoms with Crippen LogP contribution in [0.15, 0.2) is 24.3 Å². The first-order chi connectivity index (χ1) is 13.7. The van der Waals surface area contributed by atoms with Crippen molar-refractivity contribution in [3.63, 3.8) is 0 Å². The fourth-order valence-corrected chi connectivity index (χ4v) is 6.04. The van der Waals surface area contributed by atoms with E-state index in [1.165, 1.54) is 0 Å². The van der Waals surface area contributed by atoms with Crippen LogP contribution in [0, 0.1) is 13.8 Å². The number of hydrogen-bond acceptors (Lipinski definition) is 5. The van der Waals surface area contributed by atoms with E-state index in [9.17, 15) is 13.2 Å². The molecule has 1 atom stereocenters. The van der Waals surface area contributed by atoms with E-state index in [1.807, 2.05) is 43.0 Å². The summed E-state index contributed by atoms with van der Waals surface area (Å²) in [5, 5.41) is 5.09. The van der Waals surface area contributed by atoms with Crippen LogP contribution in [0.4, 0.5) is 0 Å². The fourth-order valence-electron chi connectivity index (χ4n) is 4.16. The van der Waals surface area contributed by atoms with Crippen LogP contribution in [0.5, 0.6) is 0 Å². The van der Waals surface area contributed by atoms with E-state index >= 15 is 0 Å². The third-order valence-corrected chi connectivity index (χ3v) is 8.19. The molecular formula is C20H25ClN4O3S. The predicted octanol–water partition coefficient (Wildman–Crippen LogP) is 2.09. The van der Waals surface area contributed by atoms with Crippen LogP contribution in [0.25, 0.3) is 5.69 Å². The SMILES string of the molecule is Cc1nn(-c2ccc(C(=O)N3CCN(C4CCS(=O)(=O)C4)CC3)cc2)c(C)c1Cl. The molecule has 0 bridgehead atoms. The van der Waals surface area contributed by atoms with Crippen molar-refractivity contribution in [1.82, 2.24) is 19.6 Å². The molecule has 0 spiro atoms. The molecule has 2 aliphatic rings. The maximum absolute atomic E-state index is 12.9. The highest BCUT2D eigenvalue weighted by molar-refractivity contribution is 7.91. The summed E-state index contributed by atoms with van der Waals surface area (Å²) in [6, 6.07) is 7.49. The van der Waals surface area contributed by atoms with Gasteiger partial charge < -0.3 is 4.90 Å². The summed E-state index contributed by atoms with van der Waals surface area (Å²) in [6.07, 6.45) is 0.702. The van der Waals surface area contributed by atoms with Gasteiger partial charge in [0.25, 0.3) is 5.91 Å². The summed E-state index contributed by atoms with van der Waals surface area (Å²) in [7, 11) is -2.89. The summed E-state index contributed by atoms with van der Waals surface area (Å²) in [5.41, 5.74) is 3.14. The molecule has 3 heterocycles. The van der Waals surface area contributed by atoms with Crippen molar-refractivity contribution in [2.75, 3.05) is 37.7 Å². The zero-order valence-electron chi connectivity index (χ0n) is 16.6. The Morgan fingerprint density at radius 1 is 1.10 bits per heavy atom.